The van der Waals surface area contributed by atoms with E-state index in [0.717, 1.165) is 25.1 Å². The molecule has 0 fully saturated rings. The SMILES string of the molecule is CCCC[PH+](C)c1cc(F)c(F)c(F)c1F. The number of unbranched alkanes of at least 4 members (excludes halogenated alkanes) is 1. The molecule has 5 heteroatoms. The van der Waals surface area contributed by atoms with E-state index in [-0.39, 0.29) is 5.30 Å². The van der Waals surface area contributed by atoms with Crippen LogP contribution in [-0.2, 0) is 0 Å². The Hall–Kier alpha value is -0.630. The molecule has 0 saturated heterocycles. The fraction of sp³-hybridized carbons (Fsp3) is 0.455. The fourth-order valence-corrected chi connectivity index (χ4v) is 3.47. The van der Waals surface area contributed by atoms with Gasteiger partial charge in [-0.3, -0.25) is 0 Å². The van der Waals surface area contributed by atoms with Gasteiger partial charge in [-0.25, -0.2) is 13.2 Å². The summed E-state index contributed by atoms with van der Waals surface area (Å²) in [7, 11) is -1.34. The third-order valence-corrected chi connectivity index (χ3v) is 4.85. The van der Waals surface area contributed by atoms with Crippen LogP contribution in [0.15, 0.2) is 6.07 Å². The van der Waals surface area contributed by atoms with Gasteiger partial charge < -0.3 is 0 Å². The van der Waals surface area contributed by atoms with Gasteiger partial charge in [0.25, 0.3) is 0 Å². The van der Waals surface area contributed by atoms with Crippen LogP contribution in [0.5, 0.6) is 0 Å². The number of hydrogen-bond donors (Lipinski definition) is 0. The summed E-state index contributed by atoms with van der Waals surface area (Å²) in [6, 6.07) is 0.789. The summed E-state index contributed by atoms with van der Waals surface area (Å²) in [5.74, 6) is -5.97. The van der Waals surface area contributed by atoms with Gasteiger partial charge in [-0.2, -0.15) is 4.39 Å². The fourth-order valence-electron chi connectivity index (χ4n) is 1.46. The van der Waals surface area contributed by atoms with Crippen molar-refractivity contribution in [1.29, 1.82) is 0 Å². The average Bonchev–Trinajstić information content (AvgIpc) is 2.28. The van der Waals surface area contributed by atoms with E-state index in [1.165, 1.54) is 0 Å². The molecule has 1 atom stereocenters. The first-order valence-electron chi connectivity index (χ1n) is 5.14. The Labute approximate surface area is 93.4 Å². The van der Waals surface area contributed by atoms with Crippen LogP contribution in [0.3, 0.4) is 0 Å². The molecule has 0 spiro atoms. The van der Waals surface area contributed by atoms with E-state index in [2.05, 4.69) is 0 Å². The first-order valence-corrected chi connectivity index (χ1v) is 7.35. The van der Waals surface area contributed by atoms with Crippen LogP contribution in [0.2, 0.25) is 0 Å². The van der Waals surface area contributed by atoms with Gasteiger partial charge in [-0.15, -0.1) is 0 Å². The van der Waals surface area contributed by atoms with Crippen molar-refractivity contribution in [1.82, 2.24) is 0 Å². The first-order chi connectivity index (χ1) is 7.49. The van der Waals surface area contributed by atoms with Crippen molar-refractivity contribution in [3.05, 3.63) is 29.3 Å². The maximum atomic E-state index is 13.4. The molecule has 0 aliphatic carbocycles. The Balaban J connectivity index is 3.05. The largest absolute Gasteiger partial charge is 0.203 e. The van der Waals surface area contributed by atoms with Gasteiger partial charge in [0, 0.05) is 14.0 Å². The molecule has 90 valence electrons. The van der Waals surface area contributed by atoms with E-state index >= 15 is 0 Å². The summed E-state index contributed by atoms with van der Waals surface area (Å²) in [6.07, 6.45) is 2.54. The molecule has 1 unspecified atom stereocenters. The van der Waals surface area contributed by atoms with Crippen molar-refractivity contribution in [2.24, 2.45) is 0 Å². The highest BCUT2D eigenvalue weighted by atomic mass is 31.1. The minimum atomic E-state index is -1.73. The van der Waals surface area contributed by atoms with Gasteiger partial charge in [0.15, 0.2) is 11.6 Å². The van der Waals surface area contributed by atoms with Crippen LogP contribution in [0.25, 0.3) is 0 Å². The predicted octanol–water partition coefficient (Wildman–Crippen LogP) is 3.51. The molecular formula is C11H14F4P+. The van der Waals surface area contributed by atoms with Crippen LogP contribution in [0.4, 0.5) is 17.6 Å². The van der Waals surface area contributed by atoms with Crippen molar-refractivity contribution in [3.8, 4) is 0 Å². The van der Waals surface area contributed by atoms with Gasteiger partial charge in [-0.1, -0.05) is 13.3 Å². The minimum Gasteiger partial charge on any atom is -0.203 e. The molecular weight excluding hydrogens is 239 g/mol. The third-order valence-electron chi connectivity index (χ3n) is 2.47. The molecule has 1 aromatic carbocycles. The second-order valence-corrected chi connectivity index (χ2v) is 6.33. The molecule has 0 radical (unpaired) electrons. The van der Waals surface area contributed by atoms with Crippen molar-refractivity contribution in [2.75, 3.05) is 12.8 Å². The molecule has 0 aromatic heterocycles. The highest BCUT2D eigenvalue weighted by Crippen LogP contribution is 2.33. The second kappa shape index (κ2) is 5.62. The maximum Gasteiger partial charge on any atom is 0.203 e. The quantitative estimate of drug-likeness (QED) is 0.333. The molecule has 0 aliphatic heterocycles. The molecule has 0 bridgehead atoms. The zero-order chi connectivity index (χ0) is 12.3. The van der Waals surface area contributed by atoms with Gasteiger partial charge in [0.1, 0.15) is 5.30 Å². The number of rotatable bonds is 4. The van der Waals surface area contributed by atoms with Crippen LogP contribution in [-0.4, -0.2) is 12.8 Å². The lowest BCUT2D eigenvalue weighted by atomic mass is 10.3. The van der Waals surface area contributed by atoms with Crippen LogP contribution in [0, 0.1) is 23.3 Å². The van der Waals surface area contributed by atoms with E-state index in [1.54, 1.807) is 6.66 Å². The highest BCUT2D eigenvalue weighted by molar-refractivity contribution is 7.64. The topological polar surface area (TPSA) is 0 Å². The molecule has 16 heavy (non-hydrogen) atoms. The molecule has 0 nitrogen and oxygen atoms in total. The van der Waals surface area contributed by atoms with E-state index in [0.29, 0.717) is 0 Å². The Morgan fingerprint density at radius 1 is 1.06 bits per heavy atom. The number of hydrogen-bond acceptors (Lipinski definition) is 0. The monoisotopic (exact) mass is 253 g/mol. The van der Waals surface area contributed by atoms with Crippen LogP contribution < -0.4 is 5.30 Å². The normalized spacial score (nSPS) is 12.9. The van der Waals surface area contributed by atoms with E-state index < -0.39 is 31.2 Å². The molecule has 1 aromatic rings. The van der Waals surface area contributed by atoms with Gasteiger partial charge in [0.2, 0.25) is 11.6 Å². The van der Waals surface area contributed by atoms with Crippen molar-refractivity contribution in [2.45, 2.75) is 19.8 Å². The summed E-state index contributed by atoms with van der Waals surface area (Å²) >= 11 is 0. The number of benzene rings is 1. The lowest BCUT2D eigenvalue weighted by Gasteiger charge is -2.07. The van der Waals surface area contributed by atoms with E-state index in [1.807, 2.05) is 6.92 Å². The molecule has 0 saturated carbocycles. The molecule has 0 amide bonds. The summed E-state index contributed by atoms with van der Waals surface area (Å²) in [5.41, 5.74) is 0. The van der Waals surface area contributed by atoms with Gasteiger partial charge in [-0.05, 0) is 6.42 Å². The van der Waals surface area contributed by atoms with Crippen LogP contribution in [0.1, 0.15) is 19.8 Å². The highest BCUT2D eigenvalue weighted by Gasteiger charge is 2.26. The van der Waals surface area contributed by atoms with Crippen molar-refractivity contribution < 1.29 is 17.6 Å². The zero-order valence-corrected chi connectivity index (χ0v) is 10.2. The Morgan fingerprint density at radius 2 is 1.69 bits per heavy atom. The molecule has 0 N–H and O–H groups in total. The standard InChI is InChI=1S/C11H13F4P/c1-3-4-5-16(2)8-6-7(12)9(13)11(15)10(8)14/h6H,3-5H2,1-2H3/p+1. The third kappa shape index (κ3) is 2.73. The predicted molar refractivity (Wildman–Crippen MR) is 59.9 cm³/mol. The Bertz CT molecular complexity index is 379. The maximum absolute atomic E-state index is 13.4. The molecule has 1 rings (SSSR count). The Kier molecular flexibility index (Phi) is 4.72. The zero-order valence-electron chi connectivity index (χ0n) is 9.21. The summed E-state index contributed by atoms with van der Waals surface area (Å²) < 4.78 is 52.0. The lowest BCUT2D eigenvalue weighted by Crippen LogP contribution is -2.14. The number of halogens is 4. The summed E-state index contributed by atoms with van der Waals surface area (Å²) in [5, 5.41) is 0.00912. The summed E-state index contributed by atoms with van der Waals surface area (Å²) in [6.45, 7) is 3.76. The first kappa shape index (κ1) is 13.4. The van der Waals surface area contributed by atoms with Crippen LogP contribution >= 0.6 is 7.92 Å². The lowest BCUT2D eigenvalue weighted by molar-refractivity contribution is 0.412. The average molecular weight is 253 g/mol. The van der Waals surface area contributed by atoms with Crippen molar-refractivity contribution >= 4 is 13.2 Å². The van der Waals surface area contributed by atoms with E-state index in [9.17, 15) is 17.6 Å². The molecule has 0 heterocycles. The second-order valence-electron chi connectivity index (χ2n) is 3.73. The van der Waals surface area contributed by atoms with Gasteiger partial charge >= 0.3 is 0 Å². The summed E-state index contributed by atoms with van der Waals surface area (Å²) in [4.78, 5) is 0. The molecule has 0 aliphatic rings. The van der Waals surface area contributed by atoms with Gasteiger partial charge in [0.05, 0.1) is 12.8 Å². The minimum absolute atomic E-state index is 0.00912. The van der Waals surface area contributed by atoms with Crippen molar-refractivity contribution in [3.63, 3.8) is 0 Å². The Morgan fingerprint density at radius 3 is 2.25 bits per heavy atom. The smallest absolute Gasteiger partial charge is 0.203 e. The van der Waals surface area contributed by atoms with E-state index in [4.69, 9.17) is 0 Å².